The molecule has 0 atom stereocenters. The minimum atomic E-state index is -1.37. The van der Waals surface area contributed by atoms with E-state index in [9.17, 15) is 9.90 Å². The van der Waals surface area contributed by atoms with Gasteiger partial charge in [-0.05, 0) is 17.9 Å². The van der Waals surface area contributed by atoms with E-state index in [-0.39, 0.29) is 5.75 Å². The van der Waals surface area contributed by atoms with Gasteiger partial charge in [-0.15, -0.1) is 0 Å². The zero-order valence-corrected chi connectivity index (χ0v) is 6.77. The number of carboxylic acid groups (broad SMARTS) is 1. The van der Waals surface area contributed by atoms with Crippen molar-refractivity contribution in [3.05, 3.63) is 17.7 Å². The number of methoxy groups -OCH3 is 1. The molecule has 0 aliphatic heterocycles. The molecule has 0 saturated carbocycles. The second-order valence-electron chi connectivity index (χ2n) is 2.30. The molecular formula is C8H7O5-. The van der Waals surface area contributed by atoms with E-state index >= 15 is 0 Å². The summed E-state index contributed by atoms with van der Waals surface area (Å²) in [6.45, 7) is 0. The molecule has 70 valence electrons. The molecule has 0 amide bonds. The van der Waals surface area contributed by atoms with Crippen LogP contribution in [0.1, 0.15) is 10.4 Å². The molecule has 0 heterocycles. The lowest BCUT2D eigenvalue weighted by atomic mass is 10.2. The fraction of sp³-hybridized carbons (Fsp3) is 0.125. The quantitative estimate of drug-likeness (QED) is 0.682. The number of aromatic hydroxyl groups is 1. The summed E-state index contributed by atoms with van der Waals surface area (Å²) in [5.41, 5.74) is -0.474. The highest BCUT2D eigenvalue weighted by atomic mass is 16.5. The van der Waals surface area contributed by atoms with E-state index in [1.165, 1.54) is 13.2 Å². The second kappa shape index (κ2) is 3.22. The first-order valence-corrected chi connectivity index (χ1v) is 3.38. The van der Waals surface area contributed by atoms with Crippen molar-refractivity contribution in [1.82, 2.24) is 0 Å². The van der Waals surface area contributed by atoms with Gasteiger partial charge in [-0.2, -0.15) is 0 Å². The summed E-state index contributed by atoms with van der Waals surface area (Å²) in [6, 6.07) is 2.31. The monoisotopic (exact) mass is 183 g/mol. The molecule has 0 bridgehead atoms. The van der Waals surface area contributed by atoms with Crippen LogP contribution >= 0.6 is 0 Å². The maximum Gasteiger partial charge on any atom is 0.335 e. The smallest absolute Gasteiger partial charge is 0.335 e. The Balaban J connectivity index is 3.31. The van der Waals surface area contributed by atoms with Crippen molar-refractivity contribution in [1.29, 1.82) is 0 Å². The van der Waals surface area contributed by atoms with Crippen molar-refractivity contribution >= 4 is 5.97 Å². The van der Waals surface area contributed by atoms with Gasteiger partial charge in [0.25, 0.3) is 0 Å². The summed E-state index contributed by atoms with van der Waals surface area (Å²) in [4.78, 5) is 10.4. The first kappa shape index (κ1) is 9.18. The van der Waals surface area contributed by atoms with Crippen molar-refractivity contribution in [2.75, 3.05) is 7.11 Å². The first-order chi connectivity index (χ1) is 6.07. The van der Waals surface area contributed by atoms with E-state index in [1.54, 1.807) is 0 Å². The number of carbonyl (C=O) groups is 1. The van der Waals surface area contributed by atoms with E-state index in [0.717, 1.165) is 6.07 Å². The zero-order valence-electron chi connectivity index (χ0n) is 6.77. The Morgan fingerprint density at radius 1 is 1.54 bits per heavy atom. The van der Waals surface area contributed by atoms with Gasteiger partial charge in [-0.3, -0.25) is 0 Å². The molecule has 5 nitrogen and oxygen atoms in total. The van der Waals surface area contributed by atoms with Crippen molar-refractivity contribution in [2.45, 2.75) is 0 Å². The fourth-order valence-electron chi connectivity index (χ4n) is 0.886. The molecule has 0 aliphatic rings. The van der Waals surface area contributed by atoms with Crippen LogP contribution < -0.4 is 9.84 Å². The molecule has 1 aromatic rings. The number of ether oxygens (including phenoxy) is 1. The predicted molar refractivity (Wildman–Crippen MR) is 41.1 cm³/mol. The number of rotatable bonds is 2. The fourth-order valence-corrected chi connectivity index (χ4v) is 0.886. The Kier molecular flexibility index (Phi) is 2.27. The molecule has 1 rings (SSSR count). The van der Waals surface area contributed by atoms with Gasteiger partial charge >= 0.3 is 5.97 Å². The maximum absolute atomic E-state index is 11.1. The van der Waals surface area contributed by atoms with Gasteiger partial charge in [0.1, 0.15) is 0 Å². The average Bonchev–Trinajstić information content (AvgIpc) is 2.09. The van der Waals surface area contributed by atoms with Crippen LogP contribution in [0.2, 0.25) is 0 Å². The first-order valence-electron chi connectivity index (χ1n) is 3.38. The third-order valence-corrected chi connectivity index (χ3v) is 1.54. The number of benzene rings is 1. The second-order valence-corrected chi connectivity index (χ2v) is 2.30. The van der Waals surface area contributed by atoms with Crippen LogP contribution in [0.25, 0.3) is 0 Å². The summed E-state index contributed by atoms with van der Waals surface area (Å²) in [5.74, 6) is -3.02. The van der Waals surface area contributed by atoms with Gasteiger partial charge in [0.2, 0.25) is 0 Å². The Morgan fingerprint density at radius 2 is 2.15 bits per heavy atom. The lowest BCUT2D eigenvalue weighted by Gasteiger charge is -2.14. The van der Waals surface area contributed by atoms with E-state index in [4.69, 9.17) is 10.2 Å². The Bertz CT molecular complexity index is 345. The van der Waals surface area contributed by atoms with Crippen LogP contribution in [-0.2, 0) is 0 Å². The molecule has 0 fully saturated rings. The molecule has 0 saturated heterocycles. The van der Waals surface area contributed by atoms with Crippen LogP contribution in [0.5, 0.6) is 17.2 Å². The zero-order chi connectivity index (χ0) is 10.0. The topological polar surface area (TPSA) is 89.8 Å². The van der Waals surface area contributed by atoms with Crippen molar-refractivity contribution in [2.24, 2.45) is 0 Å². The summed E-state index contributed by atoms with van der Waals surface area (Å²) in [5, 5.41) is 28.7. The average molecular weight is 183 g/mol. The van der Waals surface area contributed by atoms with E-state index < -0.39 is 23.0 Å². The molecule has 0 spiro atoms. The van der Waals surface area contributed by atoms with Crippen LogP contribution in [0, 0.1) is 0 Å². The van der Waals surface area contributed by atoms with E-state index in [0.29, 0.717) is 0 Å². The third-order valence-electron chi connectivity index (χ3n) is 1.54. The van der Waals surface area contributed by atoms with Gasteiger partial charge < -0.3 is 20.1 Å². The molecule has 1 aromatic carbocycles. The standard InChI is InChI=1S/C8H8O5/c1-13-5-3-2-4(8(11)12)6(9)7(5)10/h2-3,9-10H,1H3,(H,11,12)/p-1. The normalized spacial score (nSPS) is 9.62. The van der Waals surface area contributed by atoms with Crippen molar-refractivity contribution < 1.29 is 24.9 Å². The van der Waals surface area contributed by atoms with Gasteiger partial charge in [0, 0.05) is 0 Å². The highest BCUT2D eigenvalue weighted by molar-refractivity contribution is 5.92. The van der Waals surface area contributed by atoms with Gasteiger partial charge in [-0.1, -0.05) is 0 Å². The largest absolute Gasteiger partial charge is 0.869 e. The van der Waals surface area contributed by atoms with E-state index in [2.05, 4.69) is 4.74 Å². The number of phenols is 1. The third kappa shape index (κ3) is 1.48. The van der Waals surface area contributed by atoms with Crippen molar-refractivity contribution in [3.63, 3.8) is 0 Å². The van der Waals surface area contributed by atoms with Crippen LogP contribution in [0.15, 0.2) is 12.1 Å². The number of hydrogen-bond donors (Lipinski definition) is 2. The highest BCUT2D eigenvalue weighted by Gasteiger charge is 2.10. The highest BCUT2D eigenvalue weighted by Crippen LogP contribution is 2.35. The summed E-state index contributed by atoms with van der Waals surface area (Å²) in [7, 11) is 1.27. The molecule has 0 aliphatic carbocycles. The Morgan fingerprint density at radius 3 is 2.62 bits per heavy atom. The summed E-state index contributed by atoms with van der Waals surface area (Å²) in [6.07, 6.45) is 0. The molecule has 13 heavy (non-hydrogen) atoms. The van der Waals surface area contributed by atoms with Crippen LogP contribution in [0.4, 0.5) is 0 Å². The minimum absolute atomic E-state index is 0.0324. The molecular weight excluding hydrogens is 176 g/mol. The minimum Gasteiger partial charge on any atom is -0.869 e. The molecule has 2 N–H and O–H groups in total. The molecule has 5 heteroatoms. The summed E-state index contributed by atoms with van der Waals surface area (Å²) < 4.78 is 4.62. The number of aromatic carboxylic acids is 1. The molecule has 0 radical (unpaired) electrons. The lowest BCUT2D eigenvalue weighted by molar-refractivity contribution is -0.270. The SMILES string of the molecule is COc1ccc(C(=O)O)c([O-])c1O. The lowest BCUT2D eigenvalue weighted by Crippen LogP contribution is -2.04. The Labute approximate surface area is 73.8 Å². The maximum atomic E-state index is 11.1. The van der Waals surface area contributed by atoms with Crippen molar-refractivity contribution in [3.8, 4) is 17.2 Å². The van der Waals surface area contributed by atoms with E-state index in [1.807, 2.05) is 0 Å². The van der Waals surface area contributed by atoms with Gasteiger partial charge in [-0.25, -0.2) is 4.79 Å². The molecule has 0 aromatic heterocycles. The van der Waals surface area contributed by atoms with Gasteiger partial charge in [0.15, 0.2) is 11.5 Å². The van der Waals surface area contributed by atoms with Crippen LogP contribution in [0.3, 0.4) is 0 Å². The predicted octanol–water partition coefficient (Wildman–Crippen LogP) is 0.173. The number of hydrogen-bond acceptors (Lipinski definition) is 4. The van der Waals surface area contributed by atoms with Crippen LogP contribution in [-0.4, -0.2) is 23.3 Å². The number of phenolic OH excluding ortho intramolecular Hbond substituents is 1. The number of carboxylic acids is 1. The Hall–Kier alpha value is -1.91. The van der Waals surface area contributed by atoms with Gasteiger partial charge in [0.05, 0.1) is 12.7 Å². The summed E-state index contributed by atoms with van der Waals surface area (Å²) >= 11 is 0. The molecule has 0 unspecified atom stereocenters.